The standard InChI is InChI=1S/C25H22N4O5/c1-13(31)27-19-7-4-8-20-21(19)17(11-29(20)10-14(32)12-30)23-22(24(33)28-25(23)34)16-9-26-18-6-3-2-5-15(16)18/h2-9,11,14,26,30,32H,10,12H2,1H3,(H,27,31)(H,28,33,34). The van der Waals surface area contributed by atoms with E-state index >= 15 is 0 Å². The van der Waals surface area contributed by atoms with Gasteiger partial charge in [0, 0.05) is 46.7 Å². The number of carbonyl (C=O) groups excluding carboxylic acids is 3. The van der Waals surface area contributed by atoms with Gasteiger partial charge in [-0.05, 0) is 18.2 Å². The Balaban J connectivity index is 1.83. The van der Waals surface area contributed by atoms with Crippen LogP contribution < -0.4 is 10.6 Å². The molecule has 1 aliphatic heterocycles. The number of para-hydroxylation sites is 1. The molecular weight excluding hydrogens is 436 g/mol. The van der Waals surface area contributed by atoms with Crippen molar-refractivity contribution in [1.82, 2.24) is 14.9 Å². The van der Waals surface area contributed by atoms with Gasteiger partial charge >= 0.3 is 0 Å². The third kappa shape index (κ3) is 3.47. The summed E-state index contributed by atoms with van der Waals surface area (Å²) < 4.78 is 1.70. The SMILES string of the molecule is CC(=O)Nc1cccc2c1c(C1=C(c3c[nH]c4ccccc34)C(=O)NC1=O)cn2CC(O)CO. The van der Waals surface area contributed by atoms with Gasteiger partial charge in [-0.15, -0.1) is 0 Å². The number of H-pyrrole nitrogens is 1. The molecule has 0 spiro atoms. The lowest BCUT2D eigenvalue weighted by Gasteiger charge is -2.10. The van der Waals surface area contributed by atoms with Gasteiger partial charge in [-0.3, -0.25) is 19.7 Å². The fourth-order valence-electron chi connectivity index (χ4n) is 4.52. The summed E-state index contributed by atoms with van der Waals surface area (Å²) in [5.74, 6) is -1.36. The van der Waals surface area contributed by atoms with Crippen LogP contribution >= 0.6 is 0 Å². The topological polar surface area (TPSA) is 136 Å². The Kier molecular flexibility index (Phi) is 5.27. The number of benzene rings is 2. The zero-order chi connectivity index (χ0) is 24.0. The summed E-state index contributed by atoms with van der Waals surface area (Å²) >= 11 is 0. The number of rotatable bonds is 6. The van der Waals surface area contributed by atoms with E-state index in [4.69, 9.17) is 0 Å². The maximum Gasteiger partial charge on any atom is 0.259 e. The van der Waals surface area contributed by atoms with Crippen molar-refractivity contribution < 1.29 is 24.6 Å². The van der Waals surface area contributed by atoms with E-state index in [-0.39, 0.29) is 23.6 Å². The number of fused-ring (bicyclic) bond motifs is 2. The molecule has 3 heterocycles. The molecule has 0 radical (unpaired) electrons. The van der Waals surface area contributed by atoms with Gasteiger partial charge in [0.05, 0.1) is 41.6 Å². The van der Waals surface area contributed by atoms with Crippen LogP contribution in [0.1, 0.15) is 18.1 Å². The molecule has 0 saturated carbocycles. The summed E-state index contributed by atoms with van der Waals surface area (Å²) in [6, 6.07) is 12.7. The zero-order valence-corrected chi connectivity index (χ0v) is 18.3. The lowest BCUT2D eigenvalue weighted by Crippen LogP contribution is -2.22. The molecule has 172 valence electrons. The van der Waals surface area contributed by atoms with Gasteiger partial charge < -0.3 is 25.1 Å². The zero-order valence-electron chi connectivity index (χ0n) is 18.3. The maximum absolute atomic E-state index is 13.1. The number of amides is 3. The molecule has 9 nitrogen and oxygen atoms in total. The molecule has 0 fully saturated rings. The average molecular weight is 458 g/mol. The summed E-state index contributed by atoms with van der Waals surface area (Å²) in [6.07, 6.45) is 2.33. The van der Waals surface area contributed by atoms with Crippen LogP contribution in [-0.2, 0) is 20.9 Å². The summed E-state index contributed by atoms with van der Waals surface area (Å²) in [6.45, 7) is 0.998. The van der Waals surface area contributed by atoms with E-state index < -0.39 is 24.5 Å². The fourth-order valence-corrected chi connectivity index (χ4v) is 4.52. The van der Waals surface area contributed by atoms with Gasteiger partial charge in [-0.25, -0.2) is 0 Å². The van der Waals surface area contributed by atoms with Crippen molar-refractivity contribution in [2.75, 3.05) is 11.9 Å². The lowest BCUT2D eigenvalue weighted by molar-refractivity contribution is -0.122. The van der Waals surface area contributed by atoms with Gasteiger partial charge in [-0.1, -0.05) is 24.3 Å². The Morgan fingerprint density at radius 3 is 2.53 bits per heavy atom. The molecule has 0 bridgehead atoms. The molecule has 1 unspecified atom stereocenters. The van der Waals surface area contributed by atoms with Gasteiger partial charge in [-0.2, -0.15) is 0 Å². The summed E-state index contributed by atoms with van der Waals surface area (Å²) in [5, 5.41) is 26.0. The van der Waals surface area contributed by atoms with E-state index in [0.717, 1.165) is 10.9 Å². The van der Waals surface area contributed by atoms with Crippen molar-refractivity contribution in [3.63, 3.8) is 0 Å². The molecule has 4 aromatic rings. The number of hydrogen-bond acceptors (Lipinski definition) is 5. The molecule has 5 rings (SSSR count). The van der Waals surface area contributed by atoms with Crippen molar-refractivity contribution in [2.45, 2.75) is 19.6 Å². The second-order valence-electron chi connectivity index (χ2n) is 8.19. The Bertz CT molecular complexity index is 1510. The van der Waals surface area contributed by atoms with Crippen molar-refractivity contribution in [3.8, 4) is 0 Å². The van der Waals surface area contributed by atoms with Gasteiger partial charge in [0.25, 0.3) is 11.8 Å². The van der Waals surface area contributed by atoms with Crippen molar-refractivity contribution >= 4 is 56.4 Å². The van der Waals surface area contributed by atoms with Gasteiger partial charge in [0.2, 0.25) is 5.91 Å². The minimum atomic E-state index is -1.03. The molecule has 0 saturated heterocycles. The predicted octanol–water partition coefficient (Wildman–Crippen LogP) is 2.00. The normalized spacial score (nSPS) is 14.8. The molecule has 2 aromatic carbocycles. The molecule has 9 heteroatoms. The van der Waals surface area contributed by atoms with Gasteiger partial charge in [0.1, 0.15) is 0 Å². The van der Waals surface area contributed by atoms with E-state index in [9.17, 15) is 24.6 Å². The van der Waals surface area contributed by atoms with Crippen LogP contribution in [0.25, 0.3) is 33.0 Å². The Labute approximate surface area is 193 Å². The molecule has 34 heavy (non-hydrogen) atoms. The minimum absolute atomic E-state index is 0.0573. The number of aliphatic hydroxyl groups excluding tert-OH is 2. The number of nitrogens with zero attached hydrogens (tertiary/aromatic N) is 1. The first-order valence-corrected chi connectivity index (χ1v) is 10.7. The van der Waals surface area contributed by atoms with Crippen LogP contribution in [0.3, 0.4) is 0 Å². The van der Waals surface area contributed by atoms with Crippen LogP contribution in [-0.4, -0.2) is 50.2 Å². The minimum Gasteiger partial charge on any atom is -0.394 e. The van der Waals surface area contributed by atoms with E-state index in [2.05, 4.69) is 15.6 Å². The third-order valence-corrected chi connectivity index (χ3v) is 5.89. The molecule has 1 aliphatic rings. The highest BCUT2D eigenvalue weighted by molar-refractivity contribution is 6.51. The lowest BCUT2D eigenvalue weighted by atomic mass is 9.95. The molecule has 3 amide bonds. The predicted molar refractivity (Wildman–Crippen MR) is 128 cm³/mol. The van der Waals surface area contributed by atoms with Crippen molar-refractivity contribution in [2.24, 2.45) is 0 Å². The number of carbonyl (C=O) groups is 3. The summed E-state index contributed by atoms with van der Waals surface area (Å²) in [7, 11) is 0. The number of aliphatic hydroxyl groups is 2. The quantitative estimate of drug-likeness (QED) is 0.282. The summed E-state index contributed by atoms with van der Waals surface area (Å²) in [5.41, 5.74) is 3.35. The van der Waals surface area contributed by atoms with E-state index in [1.165, 1.54) is 6.92 Å². The number of aromatic amines is 1. The number of aromatic nitrogens is 2. The van der Waals surface area contributed by atoms with E-state index in [1.807, 2.05) is 24.3 Å². The first kappa shape index (κ1) is 21.6. The van der Waals surface area contributed by atoms with Crippen LogP contribution in [0, 0.1) is 0 Å². The molecule has 1 atom stereocenters. The second-order valence-corrected chi connectivity index (χ2v) is 8.19. The first-order chi connectivity index (χ1) is 16.4. The third-order valence-electron chi connectivity index (χ3n) is 5.89. The largest absolute Gasteiger partial charge is 0.394 e. The van der Waals surface area contributed by atoms with Crippen LogP contribution in [0.4, 0.5) is 5.69 Å². The number of anilines is 1. The highest BCUT2D eigenvalue weighted by atomic mass is 16.3. The van der Waals surface area contributed by atoms with Crippen LogP contribution in [0.2, 0.25) is 0 Å². The van der Waals surface area contributed by atoms with Crippen molar-refractivity contribution in [1.29, 1.82) is 0 Å². The highest BCUT2D eigenvalue weighted by Crippen LogP contribution is 2.40. The van der Waals surface area contributed by atoms with E-state index in [1.54, 1.807) is 35.2 Å². The Morgan fingerprint density at radius 1 is 1.06 bits per heavy atom. The number of imide groups is 1. The molecule has 2 aromatic heterocycles. The maximum atomic E-state index is 13.1. The molecule has 0 aliphatic carbocycles. The Hall–Kier alpha value is -4.21. The number of nitrogens with one attached hydrogen (secondary N) is 3. The van der Waals surface area contributed by atoms with E-state index in [0.29, 0.717) is 27.7 Å². The summed E-state index contributed by atoms with van der Waals surface area (Å²) in [4.78, 5) is 41.1. The second kappa shape index (κ2) is 8.29. The van der Waals surface area contributed by atoms with Crippen LogP contribution in [0.15, 0.2) is 54.9 Å². The van der Waals surface area contributed by atoms with Crippen molar-refractivity contribution in [3.05, 3.63) is 66.0 Å². The van der Waals surface area contributed by atoms with Gasteiger partial charge in [0.15, 0.2) is 0 Å². The molecular formula is C25H22N4O5. The highest BCUT2D eigenvalue weighted by Gasteiger charge is 2.35. The Morgan fingerprint density at radius 2 is 1.79 bits per heavy atom. The smallest absolute Gasteiger partial charge is 0.259 e. The monoisotopic (exact) mass is 458 g/mol. The number of hydrogen-bond donors (Lipinski definition) is 5. The average Bonchev–Trinajstić information content (AvgIpc) is 3.47. The fraction of sp³-hybridized carbons (Fsp3) is 0.160. The first-order valence-electron chi connectivity index (χ1n) is 10.7. The molecule has 5 N–H and O–H groups in total. The van der Waals surface area contributed by atoms with Crippen LogP contribution in [0.5, 0.6) is 0 Å².